The molecule has 7 heteroatoms. The number of ether oxygens (including phenoxy) is 1. The normalized spacial score (nSPS) is 20.5. The summed E-state index contributed by atoms with van der Waals surface area (Å²) in [6.07, 6.45) is 4.57. The van der Waals surface area contributed by atoms with Crippen molar-refractivity contribution in [1.29, 1.82) is 0 Å². The molecule has 0 spiro atoms. The van der Waals surface area contributed by atoms with Crippen LogP contribution < -0.4 is 5.32 Å². The minimum Gasteiger partial charge on any atom is -0.370 e. The molecular weight excluding hydrogens is 304 g/mol. The predicted octanol–water partition coefficient (Wildman–Crippen LogP) is 1.67. The first-order valence-electron chi connectivity index (χ1n) is 8.16. The lowest BCUT2D eigenvalue weighted by molar-refractivity contribution is 0.0949. The number of H-pyrrole nitrogens is 1. The molecule has 3 aromatic rings. The highest BCUT2D eigenvalue weighted by Crippen LogP contribution is 2.27. The zero-order valence-corrected chi connectivity index (χ0v) is 13.3. The molecule has 2 atom stereocenters. The summed E-state index contributed by atoms with van der Waals surface area (Å²) in [6.45, 7) is 2.18. The van der Waals surface area contributed by atoms with Gasteiger partial charge in [0.05, 0.1) is 24.1 Å². The van der Waals surface area contributed by atoms with Gasteiger partial charge >= 0.3 is 0 Å². The lowest BCUT2D eigenvalue weighted by atomic mass is 10.1. The predicted molar refractivity (Wildman–Crippen MR) is 88.1 cm³/mol. The molecule has 0 bridgehead atoms. The zero-order valence-electron chi connectivity index (χ0n) is 13.3. The fourth-order valence-electron chi connectivity index (χ4n) is 3.07. The third-order valence-electron chi connectivity index (χ3n) is 4.34. The molecule has 2 aromatic heterocycles. The Morgan fingerprint density at radius 2 is 2.17 bits per heavy atom. The van der Waals surface area contributed by atoms with E-state index in [1.807, 2.05) is 35.1 Å². The van der Waals surface area contributed by atoms with Crippen molar-refractivity contribution in [2.45, 2.75) is 31.7 Å². The van der Waals surface area contributed by atoms with Crippen molar-refractivity contribution in [3.05, 3.63) is 65.7 Å². The van der Waals surface area contributed by atoms with Gasteiger partial charge in [0, 0.05) is 25.4 Å². The summed E-state index contributed by atoms with van der Waals surface area (Å²) in [6, 6.07) is 12.5. The Kier molecular flexibility index (Phi) is 4.35. The van der Waals surface area contributed by atoms with Gasteiger partial charge in [0.1, 0.15) is 6.10 Å². The molecule has 0 aliphatic carbocycles. The maximum absolute atomic E-state index is 5.83. The van der Waals surface area contributed by atoms with Crippen LogP contribution in [0.25, 0.3) is 0 Å². The average Bonchev–Trinajstić information content (AvgIpc) is 3.35. The average molecular weight is 324 g/mol. The van der Waals surface area contributed by atoms with Crippen molar-refractivity contribution in [2.24, 2.45) is 0 Å². The molecular formula is C17H20N6O. The van der Waals surface area contributed by atoms with Crippen molar-refractivity contribution in [1.82, 2.24) is 30.5 Å². The Balaban J connectivity index is 1.40. The molecule has 0 radical (unpaired) electrons. The molecule has 1 fully saturated rings. The van der Waals surface area contributed by atoms with E-state index in [1.54, 1.807) is 6.20 Å². The van der Waals surface area contributed by atoms with Gasteiger partial charge in [0.25, 0.3) is 0 Å². The van der Waals surface area contributed by atoms with E-state index in [2.05, 4.69) is 38.0 Å². The molecule has 0 saturated carbocycles. The van der Waals surface area contributed by atoms with E-state index in [9.17, 15) is 0 Å². The van der Waals surface area contributed by atoms with Crippen LogP contribution in [0.15, 0.2) is 48.8 Å². The summed E-state index contributed by atoms with van der Waals surface area (Å²) in [4.78, 5) is 0. The summed E-state index contributed by atoms with van der Waals surface area (Å²) in [5.41, 5.74) is 3.29. The van der Waals surface area contributed by atoms with E-state index >= 15 is 0 Å². The van der Waals surface area contributed by atoms with E-state index in [1.165, 1.54) is 5.56 Å². The van der Waals surface area contributed by atoms with Crippen LogP contribution in [0.3, 0.4) is 0 Å². The van der Waals surface area contributed by atoms with Crippen molar-refractivity contribution >= 4 is 0 Å². The SMILES string of the molecule is c1ccc(Cn2nncc2CN[C@H]2CCO[C@@H]2c2ccn[nH]2)cc1. The number of nitrogens with one attached hydrogen (secondary N) is 2. The van der Waals surface area contributed by atoms with E-state index in [0.29, 0.717) is 6.54 Å². The van der Waals surface area contributed by atoms with Gasteiger partial charge in [-0.25, -0.2) is 4.68 Å². The van der Waals surface area contributed by atoms with Gasteiger partial charge in [0.15, 0.2) is 0 Å². The van der Waals surface area contributed by atoms with Gasteiger partial charge in [-0.2, -0.15) is 5.10 Å². The van der Waals surface area contributed by atoms with Gasteiger partial charge in [-0.05, 0) is 18.1 Å². The van der Waals surface area contributed by atoms with Gasteiger partial charge in [0.2, 0.25) is 0 Å². The molecule has 124 valence electrons. The van der Waals surface area contributed by atoms with Gasteiger partial charge in [-0.3, -0.25) is 5.10 Å². The molecule has 3 heterocycles. The van der Waals surface area contributed by atoms with Gasteiger partial charge in [-0.15, -0.1) is 5.10 Å². The first-order valence-corrected chi connectivity index (χ1v) is 8.16. The number of aromatic nitrogens is 5. The van der Waals surface area contributed by atoms with Crippen LogP contribution >= 0.6 is 0 Å². The molecule has 7 nitrogen and oxygen atoms in total. The Hall–Kier alpha value is -2.51. The second-order valence-electron chi connectivity index (χ2n) is 5.95. The van der Waals surface area contributed by atoms with E-state index < -0.39 is 0 Å². The number of nitrogens with zero attached hydrogens (tertiary/aromatic N) is 4. The minimum absolute atomic E-state index is 0.0194. The molecule has 1 saturated heterocycles. The van der Waals surface area contributed by atoms with Crippen LogP contribution in [-0.2, 0) is 17.8 Å². The minimum atomic E-state index is 0.0194. The topological polar surface area (TPSA) is 80.7 Å². The number of benzene rings is 1. The maximum atomic E-state index is 5.83. The van der Waals surface area contributed by atoms with Crippen LogP contribution in [0.4, 0.5) is 0 Å². The first-order chi connectivity index (χ1) is 11.9. The van der Waals surface area contributed by atoms with E-state index in [4.69, 9.17) is 4.74 Å². The highest BCUT2D eigenvalue weighted by atomic mass is 16.5. The van der Waals surface area contributed by atoms with Crippen LogP contribution in [-0.4, -0.2) is 37.8 Å². The summed E-state index contributed by atoms with van der Waals surface area (Å²) in [7, 11) is 0. The van der Waals surface area contributed by atoms with Crippen LogP contribution in [0, 0.1) is 0 Å². The van der Waals surface area contributed by atoms with Crippen molar-refractivity contribution in [2.75, 3.05) is 6.61 Å². The maximum Gasteiger partial charge on any atom is 0.114 e. The number of rotatable bonds is 6. The van der Waals surface area contributed by atoms with Crippen LogP contribution in [0.1, 0.15) is 29.5 Å². The fourth-order valence-corrected chi connectivity index (χ4v) is 3.07. The molecule has 0 amide bonds. The molecule has 1 aliphatic heterocycles. The molecule has 0 unspecified atom stereocenters. The van der Waals surface area contributed by atoms with Gasteiger partial charge in [-0.1, -0.05) is 35.5 Å². The Morgan fingerprint density at radius 1 is 1.25 bits per heavy atom. The molecule has 24 heavy (non-hydrogen) atoms. The second kappa shape index (κ2) is 6.94. The lowest BCUT2D eigenvalue weighted by Crippen LogP contribution is -2.32. The summed E-state index contributed by atoms with van der Waals surface area (Å²) in [5.74, 6) is 0. The Morgan fingerprint density at radius 3 is 3.00 bits per heavy atom. The zero-order chi connectivity index (χ0) is 16.2. The number of hydrogen-bond acceptors (Lipinski definition) is 5. The number of hydrogen-bond donors (Lipinski definition) is 2. The smallest absolute Gasteiger partial charge is 0.114 e. The fraction of sp³-hybridized carbons (Fsp3) is 0.353. The Bertz CT molecular complexity index is 755. The third-order valence-corrected chi connectivity index (χ3v) is 4.34. The Labute approximate surface area is 140 Å². The molecule has 2 N–H and O–H groups in total. The van der Waals surface area contributed by atoms with Gasteiger partial charge < -0.3 is 10.1 Å². The van der Waals surface area contributed by atoms with Crippen LogP contribution in [0.2, 0.25) is 0 Å². The van der Waals surface area contributed by atoms with Crippen molar-refractivity contribution < 1.29 is 4.74 Å². The standard InChI is InChI=1S/C17H20N6O/c1-2-4-13(5-3-1)12-23-14(11-20-22-23)10-18-15-7-9-24-17(15)16-6-8-19-21-16/h1-6,8,11,15,17-18H,7,9-10,12H2,(H,19,21)/t15-,17-/m0/s1. The second-order valence-corrected chi connectivity index (χ2v) is 5.95. The lowest BCUT2D eigenvalue weighted by Gasteiger charge is -2.18. The third kappa shape index (κ3) is 3.22. The molecule has 4 rings (SSSR count). The summed E-state index contributed by atoms with van der Waals surface area (Å²) < 4.78 is 7.77. The highest BCUT2D eigenvalue weighted by Gasteiger charge is 2.30. The molecule has 1 aromatic carbocycles. The summed E-state index contributed by atoms with van der Waals surface area (Å²) in [5, 5.41) is 18.9. The van der Waals surface area contributed by atoms with Crippen molar-refractivity contribution in [3.8, 4) is 0 Å². The summed E-state index contributed by atoms with van der Waals surface area (Å²) >= 11 is 0. The highest BCUT2D eigenvalue weighted by molar-refractivity contribution is 5.15. The molecule has 1 aliphatic rings. The number of aromatic amines is 1. The van der Waals surface area contributed by atoms with Crippen molar-refractivity contribution in [3.63, 3.8) is 0 Å². The van der Waals surface area contributed by atoms with E-state index in [-0.39, 0.29) is 12.1 Å². The van der Waals surface area contributed by atoms with Crippen LogP contribution in [0.5, 0.6) is 0 Å². The quantitative estimate of drug-likeness (QED) is 0.721. The van der Waals surface area contributed by atoms with E-state index in [0.717, 1.165) is 31.0 Å². The monoisotopic (exact) mass is 324 g/mol. The first kappa shape index (κ1) is 15.0. The largest absolute Gasteiger partial charge is 0.370 e.